The molecule has 0 saturated heterocycles. The van der Waals surface area contributed by atoms with Gasteiger partial charge in [-0.2, -0.15) is 0 Å². The molecule has 2 aromatic rings. The lowest BCUT2D eigenvalue weighted by atomic mass is 10.4. The van der Waals surface area contributed by atoms with Crippen LogP contribution >= 0.6 is 11.3 Å². The molecule has 2 heterocycles. The van der Waals surface area contributed by atoms with E-state index in [2.05, 4.69) is 28.3 Å². The number of aromatic nitrogens is 2. The minimum absolute atomic E-state index is 0.0532. The highest BCUT2D eigenvalue weighted by molar-refractivity contribution is 7.11. The SMILES string of the molecule is Cc1ccc(CNc2cnc(C(=O)O)cn2)s1. The lowest BCUT2D eigenvalue weighted by Crippen LogP contribution is -2.04. The molecule has 0 unspecified atom stereocenters. The number of anilines is 1. The van der Waals surface area contributed by atoms with E-state index >= 15 is 0 Å². The van der Waals surface area contributed by atoms with Crippen molar-refractivity contribution in [1.29, 1.82) is 0 Å². The van der Waals surface area contributed by atoms with Gasteiger partial charge in [0.2, 0.25) is 0 Å². The van der Waals surface area contributed by atoms with Crippen LogP contribution in [0.3, 0.4) is 0 Å². The van der Waals surface area contributed by atoms with E-state index in [4.69, 9.17) is 5.11 Å². The van der Waals surface area contributed by atoms with Gasteiger partial charge in [0.25, 0.3) is 0 Å². The van der Waals surface area contributed by atoms with Crippen LogP contribution < -0.4 is 5.32 Å². The number of hydrogen-bond acceptors (Lipinski definition) is 5. The first-order valence-corrected chi connectivity index (χ1v) is 5.81. The zero-order valence-corrected chi connectivity index (χ0v) is 9.99. The minimum atomic E-state index is -1.07. The fraction of sp³-hybridized carbons (Fsp3) is 0.182. The summed E-state index contributed by atoms with van der Waals surface area (Å²) in [6, 6.07) is 4.10. The summed E-state index contributed by atoms with van der Waals surface area (Å²) >= 11 is 1.71. The highest BCUT2D eigenvalue weighted by Crippen LogP contribution is 2.16. The van der Waals surface area contributed by atoms with Gasteiger partial charge in [0.1, 0.15) is 5.82 Å². The van der Waals surface area contributed by atoms with Crippen LogP contribution in [0.25, 0.3) is 0 Å². The third-order valence-corrected chi connectivity index (χ3v) is 3.11. The van der Waals surface area contributed by atoms with Crippen LogP contribution in [0.1, 0.15) is 20.2 Å². The first-order chi connectivity index (χ1) is 8.15. The number of carboxylic acids is 1. The molecule has 0 aliphatic heterocycles. The van der Waals surface area contributed by atoms with Crippen molar-refractivity contribution in [2.75, 3.05) is 5.32 Å². The van der Waals surface area contributed by atoms with E-state index in [1.807, 2.05) is 6.07 Å². The third-order valence-electron chi connectivity index (χ3n) is 2.11. The monoisotopic (exact) mass is 249 g/mol. The van der Waals surface area contributed by atoms with E-state index in [-0.39, 0.29) is 5.69 Å². The maximum Gasteiger partial charge on any atom is 0.356 e. The number of thiophene rings is 1. The summed E-state index contributed by atoms with van der Waals surface area (Å²) in [5, 5.41) is 11.7. The average molecular weight is 249 g/mol. The Kier molecular flexibility index (Phi) is 3.34. The van der Waals surface area contributed by atoms with Crippen molar-refractivity contribution in [3.63, 3.8) is 0 Å². The van der Waals surface area contributed by atoms with Crippen LogP contribution in [0.5, 0.6) is 0 Å². The smallest absolute Gasteiger partial charge is 0.356 e. The molecule has 0 aliphatic carbocycles. The Morgan fingerprint density at radius 2 is 2.24 bits per heavy atom. The number of hydrogen-bond donors (Lipinski definition) is 2. The first-order valence-electron chi connectivity index (χ1n) is 4.99. The van der Waals surface area contributed by atoms with Crippen molar-refractivity contribution in [2.45, 2.75) is 13.5 Å². The number of carbonyl (C=O) groups is 1. The second-order valence-corrected chi connectivity index (χ2v) is 4.83. The summed E-state index contributed by atoms with van der Waals surface area (Å²) in [6.07, 6.45) is 2.66. The van der Waals surface area contributed by atoms with E-state index in [9.17, 15) is 4.79 Å². The maximum atomic E-state index is 10.6. The van der Waals surface area contributed by atoms with E-state index in [0.717, 1.165) is 0 Å². The predicted octanol–water partition coefficient (Wildman–Crippen LogP) is 2.16. The molecule has 88 valence electrons. The largest absolute Gasteiger partial charge is 0.476 e. The molecular formula is C11H11N3O2S. The van der Waals surface area contributed by atoms with Gasteiger partial charge >= 0.3 is 5.97 Å². The number of aromatic carboxylic acids is 1. The van der Waals surface area contributed by atoms with Gasteiger partial charge in [-0.15, -0.1) is 11.3 Å². The standard InChI is InChI=1S/C11H11N3O2S/c1-7-2-3-8(17-7)4-13-10-6-12-9(5-14-10)11(15)16/h2-3,5-6H,4H2,1H3,(H,13,14)(H,15,16). The molecule has 6 heteroatoms. The summed E-state index contributed by atoms with van der Waals surface area (Å²) in [5.41, 5.74) is -0.0532. The normalized spacial score (nSPS) is 10.2. The molecule has 0 spiro atoms. The second-order valence-electron chi connectivity index (χ2n) is 3.46. The molecular weight excluding hydrogens is 238 g/mol. The minimum Gasteiger partial charge on any atom is -0.476 e. The second kappa shape index (κ2) is 4.92. The van der Waals surface area contributed by atoms with Crippen LogP contribution in [0.4, 0.5) is 5.82 Å². The fourth-order valence-corrected chi connectivity index (χ4v) is 2.12. The molecule has 0 aromatic carbocycles. The van der Waals surface area contributed by atoms with Crippen LogP contribution in [-0.2, 0) is 6.54 Å². The molecule has 2 rings (SSSR count). The van der Waals surface area contributed by atoms with Crippen LogP contribution in [0, 0.1) is 6.92 Å². The van der Waals surface area contributed by atoms with Crippen molar-refractivity contribution in [3.8, 4) is 0 Å². The Morgan fingerprint density at radius 1 is 1.41 bits per heavy atom. The fourth-order valence-electron chi connectivity index (χ4n) is 1.29. The quantitative estimate of drug-likeness (QED) is 0.868. The Balaban J connectivity index is 1.97. The van der Waals surface area contributed by atoms with Crippen LogP contribution in [0.15, 0.2) is 24.5 Å². The maximum absolute atomic E-state index is 10.6. The van der Waals surface area contributed by atoms with Gasteiger partial charge in [0.15, 0.2) is 5.69 Å². The van der Waals surface area contributed by atoms with Crippen molar-refractivity contribution < 1.29 is 9.90 Å². The molecule has 0 saturated carbocycles. The highest BCUT2D eigenvalue weighted by Gasteiger charge is 2.04. The Bertz CT molecular complexity index is 522. The van der Waals surface area contributed by atoms with Crippen LogP contribution in [-0.4, -0.2) is 21.0 Å². The molecule has 5 nitrogen and oxygen atoms in total. The molecule has 0 fully saturated rings. The molecule has 17 heavy (non-hydrogen) atoms. The van der Waals surface area contributed by atoms with Gasteiger partial charge in [-0.3, -0.25) is 0 Å². The lowest BCUT2D eigenvalue weighted by Gasteiger charge is -2.02. The Hall–Kier alpha value is -1.95. The zero-order chi connectivity index (χ0) is 12.3. The first kappa shape index (κ1) is 11.5. The average Bonchev–Trinajstić information content (AvgIpc) is 2.73. The highest BCUT2D eigenvalue weighted by atomic mass is 32.1. The molecule has 0 bridgehead atoms. The van der Waals surface area contributed by atoms with Crippen molar-refractivity contribution in [1.82, 2.24) is 9.97 Å². The summed E-state index contributed by atoms with van der Waals surface area (Å²) in [7, 11) is 0. The Morgan fingerprint density at radius 3 is 2.76 bits per heavy atom. The number of rotatable bonds is 4. The zero-order valence-electron chi connectivity index (χ0n) is 9.17. The number of nitrogens with one attached hydrogen (secondary N) is 1. The number of nitrogens with zero attached hydrogens (tertiary/aromatic N) is 2. The molecule has 0 amide bonds. The molecule has 0 radical (unpaired) electrons. The summed E-state index contributed by atoms with van der Waals surface area (Å²) in [5.74, 6) is -0.501. The molecule has 0 aliphatic rings. The molecule has 2 N–H and O–H groups in total. The van der Waals surface area contributed by atoms with Gasteiger partial charge in [-0.1, -0.05) is 0 Å². The summed E-state index contributed by atoms with van der Waals surface area (Å²) in [6.45, 7) is 2.72. The van der Waals surface area contributed by atoms with E-state index < -0.39 is 5.97 Å². The van der Waals surface area contributed by atoms with Gasteiger partial charge in [-0.25, -0.2) is 14.8 Å². The van der Waals surface area contributed by atoms with Gasteiger partial charge in [-0.05, 0) is 19.1 Å². The Labute approximate surface area is 102 Å². The van der Waals surface area contributed by atoms with Crippen molar-refractivity contribution >= 4 is 23.1 Å². The van der Waals surface area contributed by atoms with Crippen molar-refractivity contribution in [2.24, 2.45) is 0 Å². The lowest BCUT2D eigenvalue weighted by molar-refractivity contribution is 0.0690. The predicted molar refractivity (Wildman–Crippen MR) is 65.4 cm³/mol. The van der Waals surface area contributed by atoms with Gasteiger partial charge < -0.3 is 10.4 Å². The third kappa shape index (κ3) is 3.01. The summed E-state index contributed by atoms with van der Waals surface area (Å²) in [4.78, 5) is 20.8. The summed E-state index contributed by atoms with van der Waals surface area (Å²) < 4.78 is 0. The number of aryl methyl sites for hydroxylation is 1. The molecule has 2 aromatic heterocycles. The van der Waals surface area contributed by atoms with E-state index in [1.54, 1.807) is 11.3 Å². The van der Waals surface area contributed by atoms with Gasteiger partial charge in [0.05, 0.1) is 18.9 Å². The number of carboxylic acid groups (broad SMARTS) is 1. The van der Waals surface area contributed by atoms with Gasteiger partial charge in [0, 0.05) is 9.75 Å². The topological polar surface area (TPSA) is 75.1 Å². The van der Waals surface area contributed by atoms with E-state index in [1.165, 1.54) is 22.1 Å². The van der Waals surface area contributed by atoms with E-state index in [0.29, 0.717) is 12.4 Å². The van der Waals surface area contributed by atoms with Crippen molar-refractivity contribution in [3.05, 3.63) is 40.0 Å². The van der Waals surface area contributed by atoms with Crippen LogP contribution in [0.2, 0.25) is 0 Å². The molecule has 0 atom stereocenters.